The molecule has 0 spiro atoms. The minimum atomic E-state index is -2.15. The Morgan fingerprint density at radius 3 is 0.547 bits per heavy atom. The van der Waals surface area contributed by atoms with Gasteiger partial charge < -0.3 is 14.7 Å². The molecule has 10 heteroatoms. The molecule has 0 aliphatic rings. The molecule has 0 saturated carbocycles. The molecule has 0 amide bonds. The summed E-state index contributed by atoms with van der Waals surface area (Å²) >= 11 is 0. The van der Waals surface area contributed by atoms with Crippen LogP contribution in [0.4, 0.5) is 0 Å². The van der Waals surface area contributed by atoms with Gasteiger partial charge in [0, 0.05) is 0 Å². The maximum atomic E-state index is 10.4. The molecule has 0 aromatic heterocycles. The molecule has 0 heterocycles. The average molecular weight is 1000 g/mol. The van der Waals surface area contributed by atoms with E-state index in [1.54, 1.807) is 0 Å². The molecule has 0 aromatic carbocycles. The number of allylic oxidation sites excluding steroid dienone is 6. The van der Waals surface area contributed by atoms with Crippen molar-refractivity contribution in [3.63, 3.8) is 0 Å². The van der Waals surface area contributed by atoms with Crippen molar-refractivity contribution >= 4 is 24.1 Å². The zero-order chi connectivity index (χ0) is 46.8. The quantitative estimate of drug-likeness (QED) is 0.0340. The van der Waals surface area contributed by atoms with Crippen LogP contribution in [0.25, 0.3) is 0 Å². The topological polar surface area (TPSA) is 120 Å². The van der Waals surface area contributed by atoms with Crippen molar-refractivity contribution < 1.29 is 45.2 Å². The van der Waals surface area contributed by atoms with Crippen molar-refractivity contribution in [3.05, 3.63) is 36.5 Å². The van der Waals surface area contributed by atoms with Crippen molar-refractivity contribution in [1.82, 2.24) is 0 Å². The van der Waals surface area contributed by atoms with Gasteiger partial charge >= 0.3 is 40.9 Å². The van der Waals surface area contributed by atoms with Crippen LogP contribution in [0.1, 0.15) is 290 Å². The summed E-state index contributed by atoms with van der Waals surface area (Å²) in [6.07, 6.45) is 68.1. The van der Waals surface area contributed by atoms with Gasteiger partial charge in [0.25, 0.3) is 0 Å². The maximum Gasteiger partial charge on any atom is 3.00 e. The van der Waals surface area contributed by atoms with Crippen molar-refractivity contribution in [1.29, 1.82) is 0 Å². The van der Waals surface area contributed by atoms with Crippen molar-refractivity contribution in [2.24, 2.45) is 0 Å². The Morgan fingerprint density at radius 1 is 0.250 bits per heavy atom. The van der Waals surface area contributed by atoms with Crippen LogP contribution >= 0.6 is 24.1 Å². The normalized spacial score (nSPS) is 12.0. The van der Waals surface area contributed by atoms with Crippen LogP contribution < -0.4 is 14.7 Å². The molecule has 0 radical (unpaired) electrons. The molecule has 0 aromatic rings. The van der Waals surface area contributed by atoms with Gasteiger partial charge in [-0.2, -0.15) is 0 Å². The standard InChI is InChI=1S/3C18H35O2P.Co/c3*1-2-3-4-5-6-7-8-9-10-11-12-13-14-15-16-17-18-21(19)20;/h3*9-10H,2-8,11-18H2,1H3;/q;;;+3/b3*10-9-;. The van der Waals surface area contributed by atoms with Crippen LogP contribution in [0.3, 0.4) is 0 Å². The predicted octanol–water partition coefficient (Wildman–Crippen LogP) is 18.4. The third kappa shape index (κ3) is 79.0. The summed E-state index contributed by atoms with van der Waals surface area (Å²) in [5, 5.41) is 0. The molecule has 3 unspecified atom stereocenters. The molecule has 0 aliphatic heterocycles. The van der Waals surface area contributed by atoms with E-state index in [-0.39, 0.29) is 16.8 Å². The van der Waals surface area contributed by atoms with Gasteiger partial charge in [0.05, 0.1) is 0 Å². The van der Waals surface area contributed by atoms with Gasteiger partial charge in [-0.3, -0.25) is 0 Å². The van der Waals surface area contributed by atoms with Gasteiger partial charge in [0.1, 0.15) is 18.5 Å². The first-order valence-electron chi connectivity index (χ1n) is 27.1. The zero-order valence-corrected chi connectivity index (χ0v) is 46.1. The van der Waals surface area contributed by atoms with Gasteiger partial charge in [0.15, 0.2) is 0 Å². The minimum absolute atomic E-state index is 0. The van der Waals surface area contributed by atoms with Crippen molar-refractivity contribution in [2.75, 3.05) is 18.5 Å². The van der Waals surface area contributed by atoms with Gasteiger partial charge in [-0.25, -0.2) is 0 Å². The number of unbranched alkanes of at least 4 members (excludes halogenated alkanes) is 36. The summed E-state index contributed by atoms with van der Waals surface area (Å²) in [4.78, 5) is 31.1. The van der Waals surface area contributed by atoms with Gasteiger partial charge in [-0.05, 0) is 116 Å². The van der Waals surface area contributed by atoms with E-state index in [4.69, 9.17) is 0 Å². The first kappa shape index (κ1) is 70.5. The summed E-state index contributed by atoms with van der Waals surface area (Å²) < 4.78 is 31.1. The fourth-order valence-corrected chi connectivity index (χ4v) is 8.91. The Balaban J connectivity index is -0.000000419. The SMILES string of the molecule is CCCCCCCC/C=C\CCCCCCCC[P+](=O)[O-].CCCCCCCC/C=C\CCCCCCCC[P+](=O)[O-].CCCCCCCC/C=C\CCCCCCCC[P+](=O)[O-].[Co+3]. The Kier molecular flexibility index (Phi) is 74.0. The number of hydrogen-bond donors (Lipinski definition) is 0. The largest absolute Gasteiger partial charge is 3.00 e. The summed E-state index contributed by atoms with van der Waals surface area (Å²) in [6, 6.07) is 0. The van der Waals surface area contributed by atoms with E-state index in [1.165, 1.54) is 231 Å². The van der Waals surface area contributed by atoms with E-state index >= 15 is 0 Å². The van der Waals surface area contributed by atoms with E-state index in [9.17, 15) is 28.4 Å². The molecule has 0 aliphatic carbocycles. The average Bonchev–Trinajstić information content (AvgIpc) is 3.26. The Morgan fingerprint density at radius 2 is 0.391 bits per heavy atom. The monoisotopic (exact) mass is 1000 g/mol. The van der Waals surface area contributed by atoms with Gasteiger partial charge in [-0.1, -0.05) is 225 Å². The van der Waals surface area contributed by atoms with Crippen molar-refractivity contribution in [2.45, 2.75) is 290 Å². The molecule has 0 fully saturated rings. The van der Waals surface area contributed by atoms with E-state index in [2.05, 4.69) is 57.2 Å². The Labute approximate surface area is 412 Å². The second-order valence-corrected chi connectivity index (χ2v) is 21.3. The fraction of sp³-hybridized carbons (Fsp3) is 0.889. The zero-order valence-electron chi connectivity index (χ0n) is 42.4. The number of rotatable bonds is 48. The summed E-state index contributed by atoms with van der Waals surface area (Å²) in [7, 11) is -6.46. The van der Waals surface area contributed by atoms with Crippen LogP contribution in [0.5, 0.6) is 0 Å². The minimum Gasteiger partial charge on any atom is -0.596 e. The van der Waals surface area contributed by atoms with E-state index in [0.717, 1.165) is 38.5 Å². The molecular weight excluding hydrogens is 896 g/mol. The van der Waals surface area contributed by atoms with Gasteiger partial charge in [0.2, 0.25) is 0 Å². The Hall–Kier alpha value is -0.0935. The van der Waals surface area contributed by atoms with Crippen LogP contribution in [-0.4, -0.2) is 18.5 Å². The first-order valence-corrected chi connectivity index (χ1v) is 31.2. The summed E-state index contributed by atoms with van der Waals surface area (Å²) in [5.74, 6) is 0. The third-order valence-corrected chi connectivity index (χ3v) is 13.6. The second-order valence-electron chi connectivity index (χ2n) is 18.0. The molecule has 6 nitrogen and oxygen atoms in total. The molecule has 3 atom stereocenters. The predicted molar refractivity (Wildman–Crippen MR) is 276 cm³/mol. The third-order valence-electron chi connectivity index (χ3n) is 11.6. The first-order chi connectivity index (χ1) is 30.8. The number of hydrogen-bond acceptors (Lipinski definition) is 6. The van der Waals surface area contributed by atoms with Gasteiger partial charge in [-0.15, -0.1) is 0 Å². The van der Waals surface area contributed by atoms with Crippen LogP contribution in [0.2, 0.25) is 0 Å². The molecule has 0 rings (SSSR count). The fourth-order valence-electron chi connectivity index (χ4n) is 7.47. The molecule has 378 valence electrons. The Bertz CT molecular complexity index is 886. The van der Waals surface area contributed by atoms with E-state index < -0.39 is 24.1 Å². The van der Waals surface area contributed by atoms with Crippen molar-refractivity contribution in [3.8, 4) is 0 Å². The van der Waals surface area contributed by atoms with Crippen LogP contribution in [0.15, 0.2) is 36.5 Å². The summed E-state index contributed by atoms with van der Waals surface area (Å²) in [5.41, 5.74) is 0. The maximum absolute atomic E-state index is 10.4. The second kappa shape index (κ2) is 67.2. The van der Waals surface area contributed by atoms with E-state index in [0.29, 0.717) is 18.5 Å². The molecule has 0 N–H and O–H groups in total. The van der Waals surface area contributed by atoms with Crippen LogP contribution in [-0.2, 0) is 30.5 Å². The van der Waals surface area contributed by atoms with E-state index in [1.807, 2.05) is 0 Å². The molecule has 0 saturated heterocycles. The smallest absolute Gasteiger partial charge is 0.596 e. The summed E-state index contributed by atoms with van der Waals surface area (Å²) in [6.45, 7) is 6.79. The molecule has 0 bridgehead atoms. The van der Waals surface area contributed by atoms with Crippen LogP contribution in [0, 0.1) is 0 Å². The molecular formula is C54H105CoO6P3+3. The molecule has 64 heavy (non-hydrogen) atoms.